The lowest BCUT2D eigenvalue weighted by Crippen LogP contribution is -2.36. The molecule has 1 aromatic rings. The van der Waals surface area contributed by atoms with Crippen molar-refractivity contribution in [2.24, 2.45) is 0 Å². The summed E-state index contributed by atoms with van der Waals surface area (Å²) in [6.45, 7) is 1.44. The number of nitrogens with one attached hydrogen (secondary N) is 1. The van der Waals surface area contributed by atoms with Crippen LogP contribution in [0.3, 0.4) is 0 Å². The molecule has 0 saturated carbocycles. The van der Waals surface area contributed by atoms with Gasteiger partial charge in [0.1, 0.15) is 4.21 Å². The molecule has 6 nitrogen and oxygen atoms in total. The van der Waals surface area contributed by atoms with Crippen LogP contribution in [0.15, 0.2) is 15.7 Å². The molecular formula is C9H13NO5S2. The maximum Gasteiger partial charge on any atom is 0.336 e. The van der Waals surface area contributed by atoms with E-state index in [1.165, 1.54) is 5.38 Å². The van der Waals surface area contributed by atoms with Crippen molar-refractivity contribution in [3.63, 3.8) is 0 Å². The van der Waals surface area contributed by atoms with Crippen LogP contribution >= 0.6 is 11.3 Å². The Bertz CT molecular complexity index is 489. The Labute approximate surface area is 103 Å². The zero-order valence-electron chi connectivity index (χ0n) is 9.08. The van der Waals surface area contributed by atoms with Gasteiger partial charge in [0.05, 0.1) is 12.2 Å². The van der Waals surface area contributed by atoms with Gasteiger partial charge in [0.2, 0.25) is 10.0 Å². The number of thiophene rings is 1. The van der Waals surface area contributed by atoms with Crippen molar-refractivity contribution in [2.45, 2.75) is 23.6 Å². The first-order chi connectivity index (χ1) is 7.90. The third kappa shape index (κ3) is 3.50. The van der Waals surface area contributed by atoms with Gasteiger partial charge in [0.25, 0.3) is 0 Å². The van der Waals surface area contributed by atoms with Crippen molar-refractivity contribution >= 4 is 27.3 Å². The van der Waals surface area contributed by atoms with Crippen LogP contribution < -0.4 is 4.72 Å². The number of aromatic carboxylic acids is 1. The molecule has 17 heavy (non-hydrogen) atoms. The highest BCUT2D eigenvalue weighted by Gasteiger charge is 2.21. The minimum Gasteiger partial charge on any atom is -0.478 e. The van der Waals surface area contributed by atoms with Crippen LogP contribution in [-0.4, -0.2) is 37.2 Å². The van der Waals surface area contributed by atoms with Gasteiger partial charge in [-0.2, -0.15) is 0 Å². The summed E-state index contributed by atoms with van der Waals surface area (Å²) in [6, 6.07) is 0.537. The molecule has 0 radical (unpaired) electrons. The fourth-order valence-corrected chi connectivity index (χ4v) is 3.58. The predicted molar refractivity (Wildman–Crippen MR) is 62.8 cm³/mol. The smallest absolute Gasteiger partial charge is 0.336 e. The maximum atomic E-state index is 11.8. The molecule has 1 unspecified atom stereocenters. The van der Waals surface area contributed by atoms with Crippen LogP contribution in [0.5, 0.6) is 0 Å². The molecule has 1 aromatic heterocycles. The van der Waals surface area contributed by atoms with E-state index in [1.807, 2.05) is 0 Å². The fraction of sp³-hybridized carbons (Fsp3) is 0.444. The number of carbonyl (C=O) groups is 1. The normalized spacial score (nSPS) is 13.5. The van der Waals surface area contributed by atoms with Gasteiger partial charge in [-0.25, -0.2) is 17.9 Å². The summed E-state index contributed by atoms with van der Waals surface area (Å²) in [6.07, 6.45) is 0.451. The lowest BCUT2D eigenvalue weighted by atomic mass is 10.3. The first kappa shape index (κ1) is 14.1. The molecule has 0 aliphatic carbocycles. The highest BCUT2D eigenvalue weighted by Crippen LogP contribution is 2.20. The molecule has 8 heteroatoms. The molecule has 0 bridgehead atoms. The summed E-state index contributed by atoms with van der Waals surface area (Å²) in [7, 11) is -3.75. The van der Waals surface area contributed by atoms with E-state index >= 15 is 0 Å². The second-order valence-corrected chi connectivity index (χ2v) is 6.22. The summed E-state index contributed by atoms with van der Waals surface area (Å²) >= 11 is 0.835. The predicted octanol–water partition coefficient (Wildman–Crippen LogP) is 0.496. The fourth-order valence-electron chi connectivity index (χ4n) is 1.10. The van der Waals surface area contributed by atoms with E-state index in [0.29, 0.717) is 6.42 Å². The van der Waals surface area contributed by atoms with E-state index in [9.17, 15) is 13.2 Å². The van der Waals surface area contributed by atoms with E-state index in [0.717, 1.165) is 17.4 Å². The van der Waals surface area contributed by atoms with Gasteiger partial charge in [-0.15, -0.1) is 11.3 Å². The van der Waals surface area contributed by atoms with Crippen LogP contribution in [0.4, 0.5) is 0 Å². The lowest BCUT2D eigenvalue weighted by molar-refractivity contribution is 0.0697. The minimum atomic E-state index is -3.75. The summed E-state index contributed by atoms with van der Waals surface area (Å²) in [5.74, 6) is -1.17. The summed E-state index contributed by atoms with van der Waals surface area (Å²) in [4.78, 5) is 10.6. The molecule has 0 aromatic carbocycles. The van der Waals surface area contributed by atoms with E-state index in [-0.39, 0.29) is 16.4 Å². The van der Waals surface area contributed by atoms with Gasteiger partial charge in [0, 0.05) is 11.4 Å². The number of rotatable bonds is 6. The Kier molecular flexibility index (Phi) is 4.63. The van der Waals surface area contributed by atoms with Gasteiger partial charge < -0.3 is 10.2 Å². The Hall–Kier alpha value is -0.960. The number of hydrogen-bond donors (Lipinski definition) is 3. The second-order valence-electron chi connectivity index (χ2n) is 3.37. The number of sulfonamides is 1. The molecule has 1 atom stereocenters. The van der Waals surface area contributed by atoms with E-state index < -0.39 is 22.0 Å². The molecular weight excluding hydrogens is 266 g/mol. The van der Waals surface area contributed by atoms with Crippen LogP contribution in [0, 0.1) is 0 Å². The van der Waals surface area contributed by atoms with Gasteiger partial charge in [-0.05, 0) is 12.5 Å². The highest BCUT2D eigenvalue weighted by molar-refractivity contribution is 7.91. The Morgan fingerprint density at radius 1 is 1.59 bits per heavy atom. The average molecular weight is 279 g/mol. The Morgan fingerprint density at radius 3 is 2.65 bits per heavy atom. The second kappa shape index (κ2) is 5.58. The van der Waals surface area contributed by atoms with Crippen molar-refractivity contribution < 1.29 is 23.4 Å². The van der Waals surface area contributed by atoms with Crippen molar-refractivity contribution in [2.75, 3.05) is 6.61 Å². The first-order valence-electron chi connectivity index (χ1n) is 4.85. The molecule has 0 spiro atoms. The SMILES string of the molecule is CCC(CO)NS(=O)(=O)c1cc(C(=O)O)cs1. The minimum absolute atomic E-state index is 0.0626. The van der Waals surface area contributed by atoms with Gasteiger partial charge >= 0.3 is 5.97 Å². The molecule has 0 amide bonds. The molecule has 1 heterocycles. The molecule has 0 aliphatic rings. The standard InChI is InChI=1S/C9H13NO5S2/c1-2-7(4-11)10-17(14,15)8-3-6(5-16-8)9(12)13/h3,5,7,10-11H,2,4H2,1H3,(H,12,13). The highest BCUT2D eigenvalue weighted by atomic mass is 32.2. The van der Waals surface area contributed by atoms with Gasteiger partial charge in [-0.1, -0.05) is 6.92 Å². The van der Waals surface area contributed by atoms with E-state index in [2.05, 4.69) is 4.72 Å². The average Bonchev–Trinajstić information content (AvgIpc) is 2.75. The Balaban J connectivity index is 2.93. The number of carboxylic acid groups (broad SMARTS) is 1. The van der Waals surface area contributed by atoms with Gasteiger partial charge in [-0.3, -0.25) is 0 Å². The quantitative estimate of drug-likeness (QED) is 0.703. The van der Waals surface area contributed by atoms with Crippen molar-refractivity contribution in [3.05, 3.63) is 17.0 Å². The van der Waals surface area contributed by atoms with E-state index in [1.54, 1.807) is 6.92 Å². The topological polar surface area (TPSA) is 104 Å². The third-order valence-electron chi connectivity index (χ3n) is 2.12. The maximum absolute atomic E-state index is 11.8. The number of aliphatic hydroxyl groups is 1. The zero-order valence-corrected chi connectivity index (χ0v) is 10.7. The molecule has 0 fully saturated rings. The summed E-state index contributed by atoms with van der Waals surface area (Å²) in [5, 5.41) is 18.9. The van der Waals surface area contributed by atoms with Crippen molar-refractivity contribution in [1.82, 2.24) is 4.72 Å². The lowest BCUT2D eigenvalue weighted by Gasteiger charge is -2.12. The van der Waals surface area contributed by atoms with Crippen LogP contribution in [0.25, 0.3) is 0 Å². The zero-order chi connectivity index (χ0) is 13.1. The number of aliphatic hydroxyl groups excluding tert-OH is 1. The number of hydrogen-bond acceptors (Lipinski definition) is 5. The van der Waals surface area contributed by atoms with Crippen LogP contribution in [-0.2, 0) is 10.0 Å². The third-order valence-corrected chi connectivity index (χ3v) is 5.08. The van der Waals surface area contributed by atoms with Gasteiger partial charge in [0.15, 0.2) is 0 Å². The summed E-state index contributed by atoms with van der Waals surface area (Å²) < 4.78 is 25.8. The largest absolute Gasteiger partial charge is 0.478 e. The first-order valence-corrected chi connectivity index (χ1v) is 7.22. The van der Waals surface area contributed by atoms with Crippen molar-refractivity contribution in [3.8, 4) is 0 Å². The molecule has 3 N–H and O–H groups in total. The molecule has 1 rings (SSSR count). The summed E-state index contributed by atoms with van der Waals surface area (Å²) in [5.41, 5.74) is -0.0626. The van der Waals surface area contributed by atoms with Crippen LogP contribution in [0.2, 0.25) is 0 Å². The molecule has 0 saturated heterocycles. The molecule has 0 aliphatic heterocycles. The van der Waals surface area contributed by atoms with E-state index in [4.69, 9.17) is 10.2 Å². The monoisotopic (exact) mass is 279 g/mol. The Morgan fingerprint density at radius 2 is 2.24 bits per heavy atom. The van der Waals surface area contributed by atoms with Crippen molar-refractivity contribution in [1.29, 1.82) is 0 Å². The van der Waals surface area contributed by atoms with Crippen LogP contribution in [0.1, 0.15) is 23.7 Å². The number of carboxylic acids is 1. The molecule has 96 valence electrons.